The third-order valence-electron chi connectivity index (χ3n) is 6.64. The summed E-state index contributed by atoms with van der Waals surface area (Å²) in [6.45, 7) is 0.0918. The third-order valence-corrected chi connectivity index (χ3v) is 6.64. The van der Waals surface area contributed by atoms with Crippen molar-refractivity contribution in [1.29, 1.82) is 0 Å². The number of carbonyl (C=O) groups excluding carboxylic acids is 3. The normalized spacial score (nSPS) is 27.1. The van der Waals surface area contributed by atoms with Gasteiger partial charge in [0, 0.05) is 30.3 Å². The monoisotopic (exact) mass is 485 g/mol. The minimum atomic E-state index is -5.13. The first-order chi connectivity index (χ1) is 15.6. The van der Waals surface area contributed by atoms with Gasteiger partial charge >= 0.3 is 47.6 Å². The van der Waals surface area contributed by atoms with Crippen molar-refractivity contribution in [1.82, 2.24) is 9.80 Å². The van der Waals surface area contributed by atoms with E-state index in [4.69, 9.17) is 0 Å². The van der Waals surface area contributed by atoms with Crippen molar-refractivity contribution in [3.63, 3.8) is 0 Å². The van der Waals surface area contributed by atoms with E-state index in [0.29, 0.717) is 29.1 Å². The zero-order valence-corrected chi connectivity index (χ0v) is 20.1. The van der Waals surface area contributed by atoms with Crippen LogP contribution in [0.5, 0.6) is 0 Å². The Balaban J connectivity index is 0.00000171. The molecular weight excluding hydrogens is 466 g/mol. The van der Waals surface area contributed by atoms with Crippen molar-refractivity contribution in [2.24, 2.45) is 5.92 Å². The number of aliphatic carboxylic acids is 1. The van der Waals surface area contributed by atoms with Crippen LogP contribution >= 0.6 is 0 Å². The van der Waals surface area contributed by atoms with Gasteiger partial charge in [0.1, 0.15) is 11.7 Å². The standard InChI is InChI=1S/C22H18F3N3O5.Na.H/c23-22(24,25)21(33)27-10-13-9-12(16(20(31)32)28-15(13)17(27)19(28)30)8-11-6-7-26(18(11)29)14-4-2-1-3-5-14;;/h1-5,8,13,15,17H,6-7,9-10H2,(H,31,32);;/q;+1;-1/b11-8+;;/t13-,15-,17+;;/m1../s1. The van der Waals surface area contributed by atoms with Crippen LogP contribution in [0.1, 0.15) is 14.3 Å². The van der Waals surface area contributed by atoms with E-state index in [9.17, 15) is 37.5 Å². The quantitative estimate of drug-likeness (QED) is 0.330. The fraction of sp³-hybridized carbons (Fsp3) is 0.364. The second-order valence-corrected chi connectivity index (χ2v) is 8.45. The molecule has 4 aliphatic rings. The summed E-state index contributed by atoms with van der Waals surface area (Å²) < 4.78 is 39.0. The van der Waals surface area contributed by atoms with Crippen LogP contribution in [0.3, 0.4) is 0 Å². The van der Waals surface area contributed by atoms with Crippen molar-refractivity contribution >= 4 is 29.4 Å². The summed E-state index contributed by atoms with van der Waals surface area (Å²) >= 11 is 0. The molecule has 1 aromatic carbocycles. The molecule has 0 aliphatic carbocycles. The van der Waals surface area contributed by atoms with Gasteiger partial charge in [-0.05, 0) is 36.6 Å². The number of carboxylic acids is 1. The third kappa shape index (κ3) is 3.66. The number of benzene rings is 1. The molecule has 5 rings (SSSR count). The van der Waals surface area contributed by atoms with Crippen LogP contribution in [0, 0.1) is 5.92 Å². The number of para-hydroxylation sites is 1. The largest absolute Gasteiger partial charge is 1.00 e. The molecular formula is C22H19F3N3NaO5. The van der Waals surface area contributed by atoms with Gasteiger partial charge in [0.05, 0.1) is 6.04 Å². The molecule has 3 atom stereocenters. The average Bonchev–Trinajstić information content (AvgIpc) is 3.31. The summed E-state index contributed by atoms with van der Waals surface area (Å²) in [7, 11) is 0. The van der Waals surface area contributed by atoms with Crippen LogP contribution in [0.15, 0.2) is 53.3 Å². The van der Waals surface area contributed by atoms with E-state index in [0.717, 1.165) is 4.90 Å². The van der Waals surface area contributed by atoms with Gasteiger partial charge in [0.25, 0.3) is 11.8 Å². The van der Waals surface area contributed by atoms with Gasteiger partial charge in [0.2, 0.25) is 0 Å². The Morgan fingerprint density at radius 3 is 2.44 bits per heavy atom. The Morgan fingerprint density at radius 2 is 1.82 bits per heavy atom. The molecule has 1 N–H and O–H groups in total. The number of carbonyl (C=O) groups is 4. The first kappa shape index (κ1) is 24.5. The molecule has 3 fully saturated rings. The number of alkyl halides is 3. The van der Waals surface area contributed by atoms with Crippen LogP contribution in [-0.2, 0) is 19.2 Å². The van der Waals surface area contributed by atoms with Crippen molar-refractivity contribution in [2.45, 2.75) is 31.1 Å². The van der Waals surface area contributed by atoms with Crippen LogP contribution in [0.4, 0.5) is 18.9 Å². The minimum Gasteiger partial charge on any atom is -1.00 e. The van der Waals surface area contributed by atoms with Crippen LogP contribution in [0.25, 0.3) is 0 Å². The predicted octanol–water partition coefficient (Wildman–Crippen LogP) is -1.19. The first-order valence-electron chi connectivity index (χ1n) is 10.3. The Labute approximate surface area is 215 Å². The molecule has 0 aromatic heterocycles. The Bertz CT molecular complexity index is 1160. The van der Waals surface area contributed by atoms with Crippen molar-refractivity contribution in [2.75, 3.05) is 18.0 Å². The predicted molar refractivity (Wildman–Crippen MR) is 108 cm³/mol. The van der Waals surface area contributed by atoms with E-state index in [-0.39, 0.29) is 61.1 Å². The smallest absolute Gasteiger partial charge is 1.00 e. The van der Waals surface area contributed by atoms with Crippen LogP contribution in [-0.4, -0.2) is 69.9 Å². The number of carboxylic acid groups (broad SMARTS) is 1. The fourth-order valence-electron chi connectivity index (χ4n) is 5.29. The Hall–Kier alpha value is -2.63. The van der Waals surface area contributed by atoms with Crippen molar-refractivity contribution in [3.8, 4) is 0 Å². The van der Waals surface area contributed by atoms with Crippen LogP contribution < -0.4 is 34.5 Å². The van der Waals surface area contributed by atoms with E-state index in [1.54, 1.807) is 29.2 Å². The van der Waals surface area contributed by atoms with Crippen molar-refractivity contribution < 1.29 is 68.4 Å². The van der Waals surface area contributed by atoms with Crippen LogP contribution in [0.2, 0.25) is 0 Å². The molecule has 0 saturated carbocycles. The average molecular weight is 485 g/mol. The van der Waals surface area contributed by atoms with Gasteiger partial charge in [-0.1, -0.05) is 18.2 Å². The van der Waals surface area contributed by atoms with E-state index < -0.39 is 42.0 Å². The second-order valence-electron chi connectivity index (χ2n) is 8.45. The molecule has 3 saturated heterocycles. The molecule has 4 aliphatic heterocycles. The molecule has 0 radical (unpaired) electrons. The maximum atomic E-state index is 13.0. The number of anilines is 1. The number of rotatable bonds is 3. The Kier molecular flexibility index (Phi) is 6.16. The molecule has 0 spiro atoms. The molecule has 34 heavy (non-hydrogen) atoms. The summed E-state index contributed by atoms with van der Waals surface area (Å²) in [4.78, 5) is 52.5. The number of likely N-dealkylation sites (tertiary alicyclic amines) is 1. The minimum absolute atomic E-state index is 0. The van der Waals surface area contributed by atoms with Crippen molar-refractivity contribution in [3.05, 3.63) is 53.3 Å². The molecule has 4 heterocycles. The van der Waals surface area contributed by atoms with Gasteiger partial charge in [0.15, 0.2) is 0 Å². The van der Waals surface area contributed by atoms with E-state index in [2.05, 4.69) is 0 Å². The first-order valence-corrected chi connectivity index (χ1v) is 10.3. The number of amides is 3. The van der Waals surface area contributed by atoms with Gasteiger partial charge in [-0.2, -0.15) is 13.2 Å². The molecule has 0 unspecified atom stereocenters. The van der Waals surface area contributed by atoms with Gasteiger partial charge < -0.3 is 16.3 Å². The number of hydrogen-bond acceptors (Lipinski definition) is 4. The molecule has 12 heteroatoms. The van der Waals surface area contributed by atoms with Gasteiger partial charge in [-0.15, -0.1) is 0 Å². The summed E-state index contributed by atoms with van der Waals surface area (Å²) in [5, 5.41) is 9.78. The van der Waals surface area contributed by atoms with Gasteiger partial charge in [-0.3, -0.25) is 19.3 Å². The second kappa shape index (κ2) is 8.54. The maximum Gasteiger partial charge on any atom is 1.00 e. The van der Waals surface area contributed by atoms with Gasteiger partial charge in [-0.25, -0.2) is 4.79 Å². The summed E-state index contributed by atoms with van der Waals surface area (Å²) in [6.07, 6.45) is -3.27. The molecule has 8 nitrogen and oxygen atoms in total. The van der Waals surface area contributed by atoms with E-state index in [1.807, 2.05) is 6.07 Å². The summed E-state index contributed by atoms with van der Waals surface area (Å²) in [5.74, 6) is -5.20. The van der Waals surface area contributed by atoms with E-state index >= 15 is 0 Å². The zero-order valence-electron chi connectivity index (χ0n) is 19.1. The SMILES string of the molecule is O=C(O)C1=C(/C=C2\CCN(c3ccccc3)C2=O)C[C@@H]2CN(C(=O)C(F)(F)F)[C@@H]3C(=O)N1[C@H]23.[H-].[Na+]. The summed E-state index contributed by atoms with van der Waals surface area (Å²) in [5.41, 5.74) is 0.920. The number of β-lactam (4-membered cyclic amide) rings is 1. The summed E-state index contributed by atoms with van der Waals surface area (Å²) in [6, 6.07) is 6.82. The molecule has 1 aromatic rings. The Morgan fingerprint density at radius 1 is 1.15 bits per heavy atom. The number of allylic oxidation sites excluding steroid dienone is 2. The number of nitrogens with zero attached hydrogens (tertiary/aromatic N) is 3. The molecule has 3 amide bonds. The van der Waals surface area contributed by atoms with E-state index in [1.165, 1.54) is 6.08 Å². The number of hydrogen-bond donors (Lipinski definition) is 1. The zero-order chi connectivity index (χ0) is 23.7. The molecule has 0 bridgehead atoms. The fourth-order valence-corrected chi connectivity index (χ4v) is 5.29. The maximum absolute atomic E-state index is 13.0. The molecule has 174 valence electrons. The topological polar surface area (TPSA) is 98.2 Å². The number of halogens is 3.